The highest BCUT2D eigenvalue weighted by Crippen LogP contribution is 2.33. The molecule has 0 heterocycles. The van der Waals surface area contributed by atoms with Crippen molar-refractivity contribution >= 4 is 5.91 Å². The standard InChI is InChI=1S/C28H43NO/c1-20(2)24-18-26(21(3)4)25(27(19-24)22(5)6)15-10-16-28(30)29-17-11-14-23-12-8-7-9-13-23/h7-8,13,18-22H,9-12,14-17H2,1-6H3,(H,29,30). The van der Waals surface area contributed by atoms with Crippen LogP contribution >= 0.6 is 0 Å². The topological polar surface area (TPSA) is 29.1 Å². The summed E-state index contributed by atoms with van der Waals surface area (Å²) in [5.74, 6) is 1.76. The van der Waals surface area contributed by atoms with Crippen molar-refractivity contribution in [2.75, 3.05) is 6.54 Å². The first kappa shape index (κ1) is 24.4. The molecular weight excluding hydrogens is 366 g/mol. The molecule has 30 heavy (non-hydrogen) atoms. The molecule has 1 aromatic rings. The lowest BCUT2D eigenvalue weighted by molar-refractivity contribution is -0.121. The monoisotopic (exact) mass is 409 g/mol. The molecule has 1 aliphatic rings. The van der Waals surface area contributed by atoms with Crippen LogP contribution in [0.15, 0.2) is 35.9 Å². The van der Waals surface area contributed by atoms with Crippen LogP contribution < -0.4 is 5.32 Å². The van der Waals surface area contributed by atoms with Gasteiger partial charge in [-0.3, -0.25) is 4.79 Å². The molecule has 166 valence electrons. The molecule has 0 saturated heterocycles. The van der Waals surface area contributed by atoms with Crippen LogP contribution in [-0.2, 0) is 11.2 Å². The molecule has 0 fully saturated rings. The first-order valence-corrected chi connectivity index (χ1v) is 12.1. The molecule has 0 bridgehead atoms. The van der Waals surface area contributed by atoms with Gasteiger partial charge in [0.15, 0.2) is 0 Å². The molecule has 0 saturated carbocycles. The van der Waals surface area contributed by atoms with Crippen LogP contribution in [0.5, 0.6) is 0 Å². The summed E-state index contributed by atoms with van der Waals surface area (Å²) in [5.41, 5.74) is 7.38. The molecule has 0 atom stereocenters. The Labute approximate surface area is 185 Å². The van der Waals surface area contributed by atoms with Gasteiger partial charge >= 0.3 is 0 Å². The highest BCUT2D eigenvalue weighted by molar-refractivity contribution is 5.75. The maximum atomic E-state index is 12.3. The van der Waals surface area contributed by atoms with Crippen LogP contribution in [0.2, 0.25) is 0 Å². The van der Waals surface area contributed by atoms with E-state index in [-0.39, 0.29) is 5.91 Å². The van der Waals surface area contributed by atoms with Crippen molar-refractivity contribution in [2.24, 2.45) is 0 Å². The normalized spacial score (nSPS) is 14.0. The van der Waals surface area contributed by atoms with Crippen LogP contribution in [0, 0.1) is 0 Å². The van der Waals surface area contributed by atoms with Crippen LogP contribution in [0.4, 0.5) is 0 Å². The van der Waals surface area contributed by atoms with Crippen LogP contribution in [0.1, 0.15) is 120 Å². The smallest absolute Gasteiger partial charge is 0.220 e. The number of carbonyl (C=O) groups excluding carboxylic acids is 1. The molecule has 0 aliphatic heterocycles. The third kappa shape index (κ3) is 7.45. The Morgan fingerprint density at radius 2 is 1.57 bits per heavy atom. The van der Waals surface area contributed by atoms with E-state index in [9.17, 15) is 4.79 Å². The molecule has 1 amide bonds. The van der Waals surface area contributed by atoms with E-state index in [0.29, 0.717) is 24.2 Å². The van der Waals surface area contributed by atoms with Crippen molar-refractivity contribution in [3.8, 4) is 0 Å². The fraction of sp³-hybridized carbons (Fsp3) is 0.607. The summed E-state index contributed by atoms with van der Waals surface area (Å²) in [4.78, 5) is 12.3. The van der Waals surface area contributed by atoms with Crippen molar-refractivity contribution < 1.29 is 4.79 Å². The predicted molar refractivity (Wildman–Crippen MR) is 130 cm³/mol. The number of rotatable bonds is 11. The fourth-order valence-corrected chi connectivity index (χ4v) is 4.30. The van der Waals surface area contributed by atoms with Crippen molar-refractivity contribution in [3.63, 3.8) is 0 Å². The second-order valence-electron chi connectivity index (χ2n) is 9.72. The van der Waals surface area contributed by atoms with Crippen LogP contribution in [0.25, 0.3) is 0 Å². The zero-order valence-electron chi connectivity index (χ0n) is 20.2. The van der Waals surface area contributed by atoms with Gasteiger partial charge in [-0.25, -0.2) is 0 Å². The summed E-state index contributed by atoms with van der Waals surface area (Å²) in [6.45, 7) is 14.5. The summed E-state index contributed by atoms with van der Waals surface area (Å²) in [7, 11) is 0. The Kier molecular flexibility index (Phi) is 9.88. The summed E-state index contributed by atoms with van der Waals surface area (Å²) >= 11 is 0. The van der Waals surface area contributed by atoms with E-state index in [1.54, 1.807) is 0 Å². The lowest BCUT2D eigenvalue weighted by atomic mass is 9.82. The minimum atomic E-state index is 0.198. The first-order chi connectivity index (χ1) is 14.3. The average Bonchev–Trinajstić information content (AvgIpc) is 2.71. The van der Waals surface area contributed by atoms with Gasteiger partial charge in [-0.15, -0.1) is 0 Å². The Morgan fingerprint density at radius 1 is 0.900 bits per heavy atom. The van der Waals surface area contributed by atoms with Gasteiger partial charge in [-0.05, 0) is 78.5 Å². The van der Waals surface area contributed by atoms with Gasteiger partial charge in [0.1, 0.15) is 0 Å². The Hall–Kier alpha value is -1.83. The van der Waals surface area contributed by atoms with Gasteiger partial charge in [-0.2, -0.15) is 0 Å². The first-order valence-electron chi connectivity index (χ1n) is 12.1. The number of benzene rings is 1. The summed E-state index contributed by atoms with van der Waals surface area (Å²) in [6.07, 6.45) is 13.6. The molecule has 0 spiro atoms. The maximum Gasteiger partial charge on any atom is 0.220 e. The van der Waals surface area contributed by atoms with E-state index in [0.717, 1.165) is 45.1 Å². The quantitative estimate of drug-likeness (QED) is 0.296. The van der Waals surface area contributed by atoms with E-state index in [1.807, 2.05) is 0 Å². The Balaban J connectivity index is 1.88. The number of allylic oxidation sites excluding steroid dienone is 4. The molecule has 1 N–H and O–H groups in total. The lowest BCUT2D eigenvalue weighted by Crippen LogP contribution is -2.24. The highest BCUT2D eigenvalue weighted by Gasteiger charge is 2.17. The number of carbonyl (C=O) groups is 1. The van der Waals surface area contributed by atoms with Crippen molar-refractivity contribution in [3.05, 3.63) is 58.2 Å². The number of hydrogen-bond acceptors (Lipinski definition) is 1. The molecule has 1 aliphatic carbocycles. The lowest BCUT2D eigenvalue weighted by Gasteiger charge is -2.23. The molecule has 2 nitrogen and oxygen atoms in total. The maximum absolute atomic E-state index is 12.3. The SMILES string of the molecule is CC(C)c1cc(C(C)C)c(CCCC(=O)NCCCC2=CCC=CC2)c(C(C)C)c1. The van der Waals surface area contributed by atoms with E-state index in [4.69, 9.17) is 0 Å². The summed E-state index contributed by atoms with van der Waals surface area (Å²) < 4.78 is 0. The van der Waals surface area contributed by atoms with E-state index < -0.39 is 0 Å². The number of amides is 1. The molecule has 0 aromatic heterocycles. The van der Waals surface area contributed by atoms with Gasteiger partial charge in [0.2, 0.25) is 5.91 Å². The van der Waals surface area contributed by atoms with Crippen molar-refractivity contribution in [1.82, 2.24) is 5.32 Å². The highest BCUT2D eigenvalue weighted by atomic mass is 16.1. The van der Waals surface area contributed by atoms with Crippen molar-refractivity contribution in [1.29, 1.82) is 0 Å². The van der Waals surface area contributed by atoms with E-state index in [2.05, 4.69) is 77.2 Å². The fourth-order valence-electron chi connectivity index (χ4n) is 4.30. The van der Waals surface area contributed by atoms with Gasteiger partial charge in [-0.1, -0.05) is 77.5 Å². The minimum Gasteiger partial charge on any atom is -0.356 e. The van der Waals surface area contributed by atoms with E-state index in [1.165, 1.54) is 27.8 Å². The second kappa shape index (κ2) is 12.1. The van der Waals surface area contributed by atoms with Gasteiger partial charge in [0.25, 0.3) is 0 Å². The van der Waals surface area contributed by atoms with Gasteiger partial charge in [0, 0.05) is 13.0 Å². The Bertz CT molecular complexity index is 723. The zero-order valence-corrected chi connectivity index (χ0v) is 20.2. The molecule has 0 unspecified atom stereocenters. The second-order valence-corrected chi connectivity index (χ2v) is 9.72. The van der Waals surface area contributed by atoms with Crippen molar-refractivity contribution in [2.45, 2.75) is 104 Å². The average molecular weight is 410 g/mol. The molecule has 1 aromatic carbocycles. The zero-order chi connectivity index (χ0) is 22.1. The predicted octanol–water partition coefficient (Wildman–Crippen LogP) is 7.55. The van der Waals surface area contributed by atoms with Crippen LogP contribution in [-0.4, -0.2) is 12.5 Å². The molecular formula is C28H43NO. The molecule has 2 heteroatoms. The summed E-state index contributed by atoms with van der Waals surface area (Å²) in [6, 6.07) is 4.82. The largest absolute Gasteiger partial charge is 0.356 e. The Morgan fingerprint density at radius 3 is 2.10 bits per heavy atom. The van der Waals surface area contributed by atoms with Gasteiger partial charge < -0.3 is 5.32 Å². The van der Waals surface area contributed by atoms with E-state index >= 15 is 0 Å². The third-order valence-electron chi connectivity index (χ3n) is 6.17. The van der Waals surface area contributed by atoms with Crippen LogP contribution in [0.3, 0.4) is 0 Å². The number of nitrogens with one attached hydrogen (secondary N) is 1. The van der Waals surface area contributed by atoms with Gasteiger partial charge in [0.05, 0.1) is 0 Å². The minimum absolute atomic E-state index is 0.198. The third-order valence-corrected chi connectivity index (χ3v) is 6.17. The number of hydrogen-bond donors (Lipinski definition) is 1. The molecule has 2 rings (SSSR count). The molecule has 0 radical (unpaired) electrons. The summed E-state index contributed by atoms with van der Waals surface area (Å²) in [5, 5.41) is 3.12.